The number of aromatic carboxylic acids is 2. The van der Waals surface area contributed by atoms with Gasteiger partial charge < -0.3 is 60.4 Å². The number of nitrogens with one attached hydrogen (secondary N) is 6. The van der Waals surface area contributed by atoms with Gasteiger partial charge in [0, 0.05) is 194 Å². The zero-order valence-corrected chi connectivity index (χ0v) is 70.9. The maximum absolute atomic E-state index is 11.8. The number of nitro groups is 5. The van der Waals surface area contributed by atoms with Gasteiger partial charge in [-0.15, -0.1) is 0 Å². The number of carboxylic acids is 2. The number of nitro benzene ring substituents is 5. The summed E-state index contributed by atoms with van der Waals surface area (Å²) in [6.45, 7) is 36.5. The van der Waals surface area contributed by atoms with Crippen molar-refractivity contribution in [2.24, 2.45) is 0 Å². The van der Waals surface area contributed by atoms with Gasteiger partial charge in [-0.1, -0.05) is 125 Å². The Bertz CT molecular complexity index is 5750. The largest absolute Gasteiger partial charge is 0.478 e. The quantitative estimate of drug-likeness (QED) is 0.0211. The van der Waals surface area contributed by atoms with Crippen LogP contribution in [0.5, 0.6) is 0 Å². The zero-order valence-electron chi connectivity index (χ0n) is 68.5. The smallest absolute Gasteiger partial charge is 0.340 e. The molecule has 0 saturated carbocycles. The highest BCUT2D eigenvalue weighted by molar-refractivity contribution is 8.26. The van der Waals surface area contributed by atoms with Crippen LogP contribution in [0.15, 0.2) is 109 Å². The van der Waals surface area contributed by atoms with Crippen LogP contribution < -0.4 is 5.73 Å². The second-order valence-electron chi connectivity index (χ2n) is 32.7. The molecular weight excluding hydrogens is 1590 g/mol. The molecule has 0 fully saturated rings. The fourth-order valence-electron chi connectivity index (χ4n) is 11.4. The highest BCUT2D eigenvalue weighted by atomic mass is 36.0. The number of halogens is 2. The van der Waals surface area contributed by atoms with E-state index in [1.807, 2.05) is 146 Å². The Hall–Kier alpha value is -13.1. The van der Waals surface area contributed by atoms with E-state index in [4.69, 9.17) is 45.3 Å². The molecule has 12 rings (SSSR count). The lowest BCUT2D eigenvalue weighted by Crippen LogP contribution is -2.11. The number of ether oxygens (including phenoxy) is 2. The number of carbonyl (C=O) groups is 4. The Morgan fingerprint density at radius 3 is 0.754 bits per heavy atom. The van der Waals surface area contributed by atoms with E-state index in [-0.39, 0.29) is 83.6 Å². The van der Waals surface area contributed by atoms with Crippen molar-refractivity contribution < 1.29 is 72.8 Å². The number of anilines is 1. The van der Waals surface area contributed by atoms with E-state index in [1.54, 1.807) is 18.2 Å². The summed E-state index contributed by atoms with van der Waals surface area (Å²) in [6.07, 6.45) is 0. The third-order valence-electron chi connectivity index (χ3n) is 17.7. The van der Waals surface area contributed by atoms with Gasteiger partial charge in [0.15, 0.2) is 0 Å². The van der Waals surface area contributed by atoms with Crippen LogP contribution in [0.1, 0.15) is 211 Å². The fraction of sp³-hybridized carbons (Fsp3) is 0.333. The second kappa shape index (κ2) is 37.7. The maximum Gasteiger partial charge on any atom is 0.340 e. The van der Waals surface area contributed by atoms with Gasteiger partial charge >= 0.3 is 23.9 Å². The summed E-state index contributed by atoms with van der Waals surface area (Å²) >= 11 is 0. The predicted octanol–water partition coefficient (Wildman–Crippen LogP) is 19.3. The van der Waals surface area contributed by atoms with E-state index < -0.39 is 51.8 Å². The van der Waals surface area contributed by atoms with Crippen LogP contribution in [-0.2, 0) is 51.2 Å². The van der Waals surface area contributed by atoms with Gasteiger partial charge in [-0.2, -0.15) is 10.5 Å². The third-order valence-corrected chi connectivity index (χ3v) is 17.7. The van der Waals surface area contributed by atoms with Gasteiger partial charge in [-0.05, 0) is 48.5 Å². The molecule has 0 bridgehead atoms. The number of fused-ring (bicyclic) bond motifs is 6. The zero-order chi connectivity index (χ0) is 89.9. The molecule has 34 nitrogen and oxygen atoms in total. The topological polar surface area (TPSA) is 549 Å². The van der Waals surface area contributed by atoms with Crippen LogP contribution in [0, 0.1) is 73.2 Å². The number of nitrogen functional groups attached to an aromatic ring is 1. The van der Waals surface area contributed by atoms with Gasteiger partial charge in [0.1, 0.15) is 12.1 Å². The lowest BCUT2D eigenvalue weighted by atomic mass is 9.92. The predicted molar refractivity (Wildman–Crippen MR) is 454 cm³/mol. The third kappa shape index (κ3) is 24.0. The first kappa shape index (κ1) is 95.5. The van der Waals surface area contributed by atoms with Crippen molar-refractivity contribution in [2.45, 2.75) is 157 Å². The van der Waals surface area contributed by atoms with Crippen molar-refractivity contribution in [3.8, 4) is 12.1 Å². The number of methoxy groups -OCH3 is 2. The number of hydrogen-bond donors (Lipinski definition) is 10. The molecule has 0 radical (unpaired) electrons. The number of nitriles is 2. The highest BCUT2D eigenvalue weighted by Crippen LogP contribution is 2.38. The number of esters is 2. The number of rotatable bonds is 9. The first-order chi connectivity index (χ1) is 54.3. The van der Waals surface area contributed by atoms with E-state index in [0.717, 1.165) is 64.3 Å². The number of nitrogens with two attached hydrogens (primary N) is 1. The minimum Gasteiger partial charge on any atom is -0.478 e. The van der Waals surface area contributed by atoms with Crippen molar-refractivity contribution >= 4 is 154 Å². The van der Waals surface area contributed by atoms with Crippen LogP contribution in [0.3, 0.4) is 0 Å². The number of carboxylic acid groups (broad SMARTS) is 2. The number of hydrogen-bond acceptors (Lipinski definition) is 21. The van der Waals surface area contributed by atoms with Crippen LogP contribution in [0.4, 0.5) is 34.1 Å². The average molecular weight is 1680 g/mol. The van der Waals surface area contributed by atoms with Crippen molar-refractivity contribution in [2.75, 3.05) is 27.1 Å². The number of nitrogens with zero attached hydrogens (tertiary/aromatic N) is 7. The molecule has 0 aliphatic carbocycles. The van der Waals surface area contributed by atoms with Crippen LogP contribution in [0.25, 0.3) is 65.4 Å². The highest BCUT2D eigenvalue weighted by Gasteiger charge is 2.29. The summed E-state index contributed by atoms with van der Waals surface area (Å²) < 4.78 is 18.6. The minimum atomic E-state index is -1.67. The second-order valence-corrected chi connectivity index (χ2v) is 35.2. The number of aromatic amines is 6. The Morgan fingerprint density at radius 2 is 0.551 bits per heavy atom. The molecule has 0 atom stereocenters. The van der Waals surface area contributed by atoms with Crippen molar-refractivity contribution in [1.29, 1.82) is 10.5 Å². The van der Waals surface area contributed by atoms with Crippen LogP contribution in [0.2, 0.25) is 0 Å². The summed E-state index contributed by atoms with van der Waals surface area (Å²) in [5.74, 6) is -3.34. The Balaban J connectivity index is 0.000000249. The summed E-state index contributed by atoms with van der Waals surface area (Å²) in [6, 6.07) is 31.8. The van der Waals surface area contributed by atoms with Crippen LogP contribution >= 0.6 is 21.4 Å². The molecule has 626 valence electrons. The van der Waals surface area contributed by atoms with Gasteiger partial charge in [0.25, 0.3) is 28.4 Å². The summed E-state index contributed by atoms with van der Waals surface area (Å²) in [4.78, 5) is 116. The SMILES string of the molecule is CC(C)(C)c1cc2cc([N+](=O)[O-])cc(C#N)c2[nH]1.CC(C)(C)c1cc2cc([N+](=O)[O-])cc(C#N)c2[nH]1.CC(C)(C)c1cc2cc([N+](=O)[O-])cc(C(=O)O)c2[nH]1.CC(C)(C)c1cc2cc([N+](=O)[O-])cc(C(=O)O)c2[nH]1.CO.COC(=O)c1cc(N)cc2cc(C(C)(C)C)[nH]c12.COC(=O)c1cc([N+](=O)[O-])cc2cc(C(C)(C)C)[nH]c12.O=S(Cl)Cl. The molecule has 0 amide bonds. The molecule has 6 aromatic heterocycles. The molecule has 0 aliphatic heterocycles. The minimum absolute atomic E-state index is 0.0127. The number of aliphatic hydroxyl groups is 1. The lowest BCUT2D eigenvalue weighted by molar-refractivity contribution is -0.384. The number of aromatic nitrogens is 6. The lowest BCUT2D eigenvalue weighted by Gasteiger charge is -2.15. The average Bonchev–Trinajstić information content (AvgIpc) is 1.65. The van der Waals surface area contributed by atoms with Crippen molar-refractivity contribution in [1.82, 2.24) is 29.9 Å². The Kier molecular flexibility index (Phi) is 30.5. The molecule has 12 aromatic rings. The normalized spacial score (nSPS) is 11.4. The first-order valence-corrected chi connectivity index (χ1v) is 38.3. The number of benzene rings is 6. The number of non-ortho nitro benzene ring substituents is 5. The van der Waals surface area contributed by atoms with Crippen molar-refractivity contribution in [3.63, 3.8) is 0 Å². The number of carbonyl (C=O) groups excluding carboxylic acids is 2. The molecule has 37 heteroatoms. The Morgan fingerprint density at radius 1 is 0.364 bits per heavy atom. The summed E-state index contributed by atoms with van der Waals surface area (Å²) in [5.41, 5.74) is 15.1. The molecule has 6 aromatic carbocycles. The van der Waals surface area contributed by atoms with E-state index in [9.17, 15) is 69.7 Å². The van der Waals surface area contributed by atoms with Crippen molar-refractivity contribution in [3.05, 3.63) is 227 Å². The van der Waals surface area contributed by atoms with Gasteiger partial charge in [0.2, 0.25) is 9.23 Å². The molecule has 0 unspecified atom stereocenters. The molecular formula is C81H92Cl2N14O20S. The number of H-pyrrole nitrogens is 6. The molecule has 0 saturated heterocycles. The molecule has 11 N–H and O–H groups in total. The summed E-state index contributed by atoms with van der Waals surface area (Å²) in [7, 11) is 11.0. The van der Waals surface area contributed by atoms with Gasteiger partial charge in [-0.3, -0.25) is 50.6 Å². The molecule has 0 spiro atoms. The van der Waals surface area contributed by atoms with Gasteiger partial charge in [-0.25, -0.2) is 23.4 Å². The Labute approximate surface area is 687 Å². The van der Waals surface area contributed by atoms with E-state index in [0.29, 0.717) is 76.9 Å². The molecule has 6 heterocycles. The van der Waals surface area contributed by atoms with Crippen LogP contribution in [-0.4, -0.2) is 119 Å². The maximum atomic E-state index is 11.8. The molecule has 118 heavy (non-hydrogen) atoms. The van der Waals surface area contributed by atoms with E-state index in [2.05, 4.69) is 72.0 Å². The number of aliphatic hydroxyl groups excluding tert-OH is 1. The fourth-order valence-corrected chi connectivity index (χ4v) is 11.4. The first-order valence-electron chi connectivity index (χ1n) is 35.5. The molecule has 0 aliphatic rings. The van der Waals surface area contributed by atoms with Gasteiger partial charge in [0.05, 0.1) is 105 Å². The monoisotopic (exact) mass is 1680 g/mol. The van der Waals surface area contributed by atoms with E-state index in [1.165, 1.54) is 62.8 Å². The standard InChI is InChI=1S/C14H16N2O4.C14H18N2O2.2C13H13N3O2.2C13H14N2O4.CH4O.Cl2OS/c1-14(2,3)11-6-8-5-9(16(18)19)7-10(12(8)15-11)13(17)20-4;1-14(2,3)11-6-8-5-9(15)7-10(12(8)16-11)13(17)18-4;2*1-13(2,3)11-6-8-4-10(16(17)18)5-9(7-14)12(8)15-11;2*1-13(2,3)10-5-7-4-8(15(18)19)6-9(12(16)17)11(7)14-10;1-2;1-4(2)3/h5-7,15H,1-4H3;5-7,16H,15H2,1-4H3;2*4-6,15H,1-3H3;2*4-6,14H,1-3H3,(H,16,17);2H,1H3;. The van der Waals surface area contributed by atoms with E-state index >= 15 is 0 Å². The summed E-state index contributed by atoms with van der Waals surface area (Å²) in [5, 5.41) is 102.